The molecule has 0 spiro atoms. The number of cyclic esters (lactones) is 2. The first-order valence-electron chi connectivity index (χ1n) is 20.3. The first-order chi connectivity index (χ1) is 30.4. The summed E-state index contributed by atoms with van der Waals surface area (Å²) in [6.07, 6.45) is 2.64. The number of nitrogens with zero attached hydrogens (tertiary/aromatic N) is 4. The van der Waals surface area contributed by atoms with E-state index in [2.05, 4.69) is 47.2 Å². The molecule has 13 heteroatoms. The highest BCUT2D eigenvalue weighted by atomic mass is 16.5. The molecule has 0 fully saturated rings. The largest absolute Gasteiger partial charge is 0.467 e. The third-order valence-corrected chi connectivity index (χ3v) is 9.84. The van der Waals surface area contributed by atoms with Crippen LogP contribution in [0.15, 0.2) is 114 Å². The molecule has 6 rings (SSSR count). The fourth-order valence-electron chi connectivity index (χ4n) is 6.44. The second kappa shape index (κ2) is 23.9. The van der Waals surface area contributed by atoms with Gasteiger partial charge in [0.05, 0.1) is 13.1 Å². The number of rotatable bonds is 14. The molecule has 324 valence electrons. The number of esters is 4. The lowest BCUT2D eigenvalue weighted by Gasteiger charge is -2.20. The van der Waals surface area contributed by atoms with Crippen molar-refractivity contribution < 1.29 is 42.9 Å². The molecule has 0 N–H and O–H groups in total. The summed E-state index contributed by atoms with van der Waals surface area (Å²) >= 11 is 0. The van der Waals surface area contributed by atoms with Crippen molar-refractivity contribution in [2.75, 3.05) is 42.6 Å². The smallest absolute Gasteiger partial charge is 0.342 e. The Hall–Kier alpha value is -7.77. The molecule has 63 heavy (non-hydrogen) atoms. The Labute approximate surface area is 368 Å². The molecule has 0 amide bonds. The van der Waals surface area contributed by atoms with Gasteiger partial charge in [-0.2, -0.15) is 0 Å². The van der Waals surface area contributed by atoms with Gasteiger partial charge in [0.15, 0.2) is 0 Å². The third-order valence-electron chi connectivity index (χ3n) is 9.84. The van der Waals surface area contributed by atoms with Gasteiger partial charge in [-0.15, -0.1) is 0 Å². The van der Waals surface area contributed by atoms with Crippen LogP contribution in [0, 0.1) is 13.1 Å². The molecule has 2 aliphatic heterocycles. The SMILES string of the molecule is CCN(CC)c1ccc(C=O)cc1.[C-]#[N+]C1=C(c2ccc(COC(C)=O)cc2)C(=Cc2ccc(N(CC)CC)cc2)OC1=O.[C-]#[N+]C1=C(c2ccc(COC(C)=O)cc2)COC1=O. The van der Waals surface area contributed by atoms with Crippen molar-refractivity contribution in [3.63, 3.8) is 0 Å². The van der Waals surface area contributed by atoms with E-state index >= 15 is 0 Å². The zero-order chi connectivity index (χ0) is 45.9. The zero-order valence-electron chi connectivity index (χ0n) is 36.3. The molecule has 4 aromatic rings. The standard InChI is InChI=1S/C25H24N2O4.C14H11NO4.C11H15NO/c1-5-27(6-2)21-13-9-18(10-14-21)15-22-23(24(26-4)25(29)31-22)20-11-7-19(8-12-20)16-30-17(3)28;1-9(16)18-7-10-3-5-11(6-4-10)12-8-19-14(17)13(12)15-2;1-3-12(4-2)11-7-5-10(9-13)6-8-11/h7-15H,5-6,16H2,1-3H3;3-6H,7-8H2,1H3;5-9H,3-4H2,1-2H3. The maximum absolute atomic E-state index is 12.3. The molecule has 4 aromatic carbocycles. The molecular formula is C50H50N4O9. The van der Waals surface area contributed by atoms with Gasteiger partial charge in [0.25, 0.3) is 11.4 Å². The maximum atomic E-state index is 12.3. The second-order valence-corrected chi connectivity index (χ2v) is 13.8. The summed E-state index contributed by atoms with van der Waals surface area (Å²) in [4.78, 5) is 66.7. The molecule has 2 heterocycles. The molecule has 0 aromatic heterocycles. The minimum Gasteiger partial charge on any atom is -0.467 e. The van der Waals surface area contributed by atoms with E-state index in [0.717, 1.165) is 66.0 Å². The Morgan fingerprint density at radius 2 is 1.08 bits per heavy atom. The fraction of sp³-hybridized carbons (Fsp3) is 0.260. The van der Waals surface area contributed by atoms with Gasteiger partial charge in [0, 0.05) is 68.1 Å². The summed E-state index contributed by atoms with van der Waals surface area (Å²) < 4.78 is 20.1. The summed E-state index contributed by atoms with van der Waals surface area (Å²) in [5, 5.41) is 0. The Kier molecular flexibility index (Phi) is 18.2. The predicted octanol–water partition coefficient (Wildman–Crippen LogP) is 9.11. The van der Waals surface area contributed by atoms with E-state index in [4.69, 9.17) is 32.1 Å². The van der Waals surface area contributed by atoms with E-state index in [-0.39, 0.29) is 43.2 Å². The third kappa shape index (κ3) is 13.4. The highest BCUT2D eigenvalue weighted by molar-refractivity contribution is 6.09. The fourth-order valence-corrected chi connectivity index (χ4v) is 6.44. The number of hydrogen-bond acceptors (Lipinski definition) is 11. The molecular weight excluding hydrogens is 801 g/mol. The summed E-state index contributed by atoms with van der Waals surface area (Å²) in [5.74, 6) is -1.57. The van der Waals surface area contributed by atoms with Gasteiger partial charge in [-0.25, -0.2) is 9.69 Å². The Morgan fingerprint density at radius 3 is 1.49 bits per heavy atom. The monoisotopic (exact) mass is 850 g/mol. The highest BCUT2D eigenvalue weighted by Crippen LogP contribution is 2.37. The van der Waals surface area contributed by atoms with Crippen LogP contribution in [0.2, 0.25) is 0 Å². The van der Waals surface area contributed by atoms with Gasteiger partial charge in [-0.05, 0) is 98.0 Å². The molecule has 0 unspecified atom stereocenters. The maximum Gasteiger partial charge on any atom is 0.342 e. The van der Waals surface area contributed by atoms with Crippen LogP contribution in [0.3, 0.4) is 0 Å². The Balaban J connectivity index is 0.000000230. The van der Waals surface area contributed by atoms with E-state index < -0.39 is 11.9 Å². The molecule has 2 aliphatic rings. The molecule has 0 atom stereocenters. The van der Waals surface area contributed by atoms with Gasteiger partial charge in [-0.3, -0.25) is 24.0 Å². The number of anilines is 2. The van der Waals surface area contributed by atoms with E-state index in [1.807, 2.05) is 48.5 Å². The van der Waals surface area contributed by atoms with Crippen LogP contribution >= 0.6 is 0 Å². The normalized spacial score (nSPS) is 13.3. The van der Waals surface area contributed by atoms with Gasteiger partial charge >= 0.3 is 23.9 Å². The van der Waals surface area contributed by atoms with Crippen molar-refractivity contribution in [1.82, 2.24) is 0 Å². The second-order valence-electron chi connectivity index (χ2n) is 13.8. The van der Waals surface area contributed by atoms with Crippen molar-refractivity contribution in [2.24, 2.45) is 0 Å². The molecule has 0 radical (unpaired) electrons. The van der Waals surface area contributed by atoms with Crippen LogP contribution in [0.1, 0.15) is 79.7 Å². The van der Waals surface area contributed by atoms with Crippen LogP contribution < -0.4 is 9.80 Å². The zero-order valence-corrected chi connectivity index (χ0v) is 36.3. The lowest BCUT2D eigenvalue weighted by atomic mass is 10.0. The summed E-state index contributed by atoms with van der Waals surface area (Å²) in [5.41, 5.74) is 8.06. The van der Waals surface area contributed by atoms with Crippen molar-refractivity contribution in [2.45, 2.75) is 54.8 Å². The van der Waals surface area contributed by atoms with E-state index in [9.17, 15) is 24.0 Å². The Morgan fingerprint density at radius 1 is 0.635 bits per heavy atom. The quantitative estimate of drug-likeness (QED) is 0.0520. The average Bonchev–Trinajstić information content (AvgIpc) is 3.84. The van der Waals surface area contributed by atoms with E-state index in [1.165, 1.54) is 19.5 Å². The van der Waals surface area contributed by atoms with Crippen LogP contribution in [0.25, 0.3) is 26.9 Å². The molecule has 0 aliphatic carbocycles. The first-order valence-corrected chi connectivity index (χ1v) is 20.3. The number of allylic oxidation sites excluding steroid dienone is 1. The lowest BCUT2D eigenvalue weighted by Crippen LogP contribution is -2.21. The van der Waals surface area contributed by atoms with Gasteiger partial charge in [0.2, 0.25) is 0 Å². The van der Waals surface area contributed by atoms with E-state index in [0.29, 0.717) is 22.5 Å². The predicted molar refractivity (Wildman–Crippen MR) is 241 cm³/mol. The van der Waals surface area contributed by atoms with Crippen LogP contribution in [-0.2, 0) is 51.3 Å². The summed E-state index contributed by atoms with van der Waals surface area (Å²) in [6.45, 7) is 29.9. The highest BCUT2D eigenvalue weighted by Gasteiger charge is 2.31. The summed E-state index contributed by atoms with van der Waals surface area (Å²) in [7, 11) is 0. The molecule has 13 nitrogen and oxygen atoms in total. The van der Waals surface area contributed by atoms with Gasteiger partial charge in [0.1, 0.15) is 31.9 Å². The van der Waals surface area contributed by atoms with Crippen molar-refractivity contribution in [3.8, 4) is 0 Å². The van der Waals surface area contributed by atoms with Crippen molar-refractivity contribution in [3.05, 3.63) is 170 Å². The summed E-state index contributed by atoms with van der Waals surface area (Å²) in [6, 6.07) is 29.9. The average molecular weight is 851 g/mol. The number of aldehydes is 1. The number of benzene rings is 4. The molecule has 0 saturated heterocycles. The minimum absolute atomic E-state index is 0.0349. The number of ether oxygens (including phenoxy) is 4. The Bertz CT molecular complexity index is 2430. The molecule has 0 saturated carbocycles. The van der Waals surface area contributed by atoms with Gasteiger partial charge < -0.3 is 28.7 Å². The number of carbonyl (C=O) groups excluding carboxylic acids is 5. The topological polar surface area (TPSA) is 137 Å². The van der Waals surface area contributed by atoms with Gasteiger partial charge in [-0.1, -0.05) is 60.7 Å². The van der Waals surface area contributed by atoms with Crippen molar-refractivity contribution >= 4 is 58.8 Å². The van der Waals surface area contributed by atoms with Crippen molar-refractivity contribution in [1.29, 1.82) is 0 Å². The van der Waals surface area contributed by atoms with Crippen LogP contribution in [-0.4, -0.2) is 62.9 Å². The number of carbonyl (C=O) groups is 5. The molecule has 0 bridgehead atoms. The van der Waals surface area contributed by atoms with Crippen LogP contribution in [0.4, 0.5) is 11.4 Å². The number of hydrogen-bond donors (Lipinski definition) is 0. The van der Waals surface area contributed by atoms with E-state index in [1.54, 1.807) is 54.6 Å². The minimum atomic E-state index is -0.653. The first kappa shape index (κ1) is 47.9. The van der Waals surface area contributed by atoms with Crippen LogP contribution in [0.5, 0.6) is 0 Å². The lowest BCUT2D eigenvalue weighted by molar-refractivity contribution is -0.143.